The van der Waals surface area contributed by atoms with Crippen LogP contribution in [0, 0.1) is 5.92 Å². The summed E-state index contributed by atoms with van der Waals surface area (Å²) in [5, 5.41) is 12.1. The molecule has 1 amide bonds. The first kappa shape index (κ1) is 19.4. The topological polar surface area (TPSA) is 57.6 Å². The summed E-state index contributed by atoms with van der Waals surface area (Å²) in [4.78, 5) is 28.0. The second-order valence-corrected chi connectivity index (χ2v) is 7.63. The molecule has 4 rings (SSSR count). The Bertz CT molecular complexity index is 1080. The molecule has 2 atom stereocenters. The Morgan fingerprint density at radius 2 is 1.62 bits per heavy atom. The average Bonchev–Trinajstić information content (AvgIpc) is 2.97. The van der Waals surface area contributed by atoms with Crippen molar-refractivity contribution in [3.8, 4) is 0 Å². The number of rotatable bonds is 5. The minimum atomic E-state index is -1.94. The highest BCUT2D eigenvalue weighted by atomic mass is 35.5. The molecular formula is C24H20ClNO3. The van der Waals surface area contributed by atoms with Gasteiger partial charge >= 0.3 is 0 Å². The molecule has 0 aliphatic carbocycles. The molecule has 0 aromatic heterocycles. The highest BCUT2D eigenvalue weighted by molar-refractivity contribution is 6.31. The van der Waals surface area contributed by atoms with Gasteiger partial charge in [0.1, 0.15) is 0 Å². The van der Waals surface area contributed by atoms with Crippen molar-refractivity contribution < 1.29 is 14.7 Å². The molecule has 0 radical (unpaired) electrons. The number of carbonyl (C=O) groups excluding carboxylic acids is 2. The van der Waals surface area contributed by atoms with Crippen LogP contribution in [0.4, 0.5) is 5.69 Å². The van der Waals surface area contributed by atoms with Gasteiger partial charge in [-0.05, 0) is 17.7 Å². The molecule has 146 valence electrons. The molecule has 0 fully saturated rings. The predicted molar refractivity (Wildman–Crippen MR) is 113 cm³/mol. The first-order valence-electron chi connectivity index (χ1n) is 9.41. The van der Waals surface area contributed by atoms with Crippen molar-refractivity contribution in [3.05, 3.63) is 101 Å². The zero-order valence-electron chi connectivity index (χ0n) is 15.9. The van der Waals surface area contributed by atoms with Gasteiger partial charge in [-0.2, -0.15) is 0 Å². The van der Waals surface area contributed by atoms with Crippen molar-refractivity contribution in [2.45, 2.75) is 19.1 Å². The summed E-state index contributed by atoms with van der Waals surface area (Å²) < 4.78 is 0. The maximum atomic E-state index is 13.5. The Hall–Kier alpha value is -2.95. The smallest absolute Gasteiger partial charge is 0.264 e. The van der Waals surface area contributed by atoms with Crippen LogP contribution in [-0.4, -0.2) is 16.8 Å². The second-order valence-electron chi connectivity index (χ2n) is 7.22. The van der Waals surface area contributed by atoms with Crippen molar-refractivity contribution in [3.63, 3.8) is 0 Å². The fourth-order valence-corrected chi connectivity index (χ4v) is 4.07. The summed E-state index contributed by atoms with van der Waals surface area (Å²) in [6.07, 6.45) is 0. The van der Waals surface area contributed by atoms with Crippen molar-refractivity contribution >= 4 is 29.0 Å². The van der Waals surface area contributed by atoms with Gasteiger partial charge in [0.25, 0.3) is 5.91 Å². The van der Waals surface area contributed by atoms with E-state index in [-0.39, 0.29) is 12.3 Å². The lowest BCUT2D eigenvalue weighted by atomic mass is 9.79. The van der Waals surface area contributed by atoms with Crippen molar-refractivity contribution in [1.29, 1.82) is 0 Å². The van der Waals surface area contributed by atoms with Gasteiger partial charge in [0.2, 0.25) is 0 Å². The summed E-state index contributed by atoms with van der Waals surface area (Å²) in [5.41, 5.74) is 0.318. The minimum Gasteiger partial charge on any atom is -0.375 e. The number of hydrogen-bond acceptors (Lipinski definition) is 3. The third-order valence-corrected chi connectivity index (χ3v) is 5.91. The molecule has 1 aliphatic rings. The van der Waals surface area contributed by atoms with Gasteiger partial charge in [0.05, 0.1) is 18.2 Å². The molecule has 1 N–H and O–H groups in total. The molecule has 0 bridgehead atoms. The predicted octanol–water partition coefficient (Wildman–Crippen LogP) is 4.59. The molecule has 0 spiro atoms. The quantitative estimate of drug-likeness (QED) is 0.631. The number of carbonyl (C=O) groups is 2. The average molecular weight is 406 g/mol. The van der Waals surface area contributed by atoms with E-state index in [1.165, 1.54) is 4.90 Å². The van der Waals surface area contributed by atoms with Crippen molar-refractivity contribution in [2.24, 2.45) is 5.92 Å². The number of aliphatic hydroxyl groups is 1. The lowest BCUT2D eigenvalue weighted by Gasteiger charge is -2.28. The fourth-order valence-electron chi connectivity index (χ4n) is 3.88. The second kappa shape index (κ2) is 7.47. The Kier molecular flexibility index (Phi) is 4.99. The zero-order valence-corrected chi connectivity index (χ0v) is 16.6. The first-order chi connectivity index (χ1) is 13.9. The van der Waals surface area contributed by atoms with E-state index in [0.717, 1.165) is 5.56 Å². The Balaban J connectivity index is 1.75. The van der Waals surface area contributed by atoms with Crippen LogP contribution in [0.3, 0.4) is 0 Å². The maximum absolute atomic E-state index is 13.5. The monoisotopic (exact) mass is 405 g/mol. The first-order valence-corrected chi connectivity index (χ1v) is 9.79. The minimum absolute atomic E-state index is 0.212. The van der Waals surface area contributed by atoms with Crippen LogP contribution in [0.2, 0.25) is 5.02 Å². The van der Waals surface area contributed by atoms with E-state index in [2.05, 4.69) is 0 Å². The van der Waals surface area contributed by atoms with Crippen LogP contribution >= 0.6 is 11.6 Å². The number of ketones is 1. The fraction of sp³-hybridized carbons (Fsp3) is 0.167. The summed E-state index contributed by atoms with van der Waals surface area (Å²) in [5.74, 6) is -1.75. The number of nitrogens with zero attached hydrogens (tertiary/aromatic N) is 1. The number of halogens is 1. The molecule has 0 saturated heterocycles. The number of benzene rings is 3. The van der Waals surface area contributed by atoms with Gasteiger partial charge < -0.3 is 10.0 Å². The number of Topliss-reactive ketones (excluding diaryl/α,β-unsaturated/α-hetero) is 1. The largest absolute Gasteiger partial charge is 0.375 e. The van der Waals surface area contributed by atoms with Crippen LogP contribution < -0.4 is 4.90 Å². The van der Waals surface area contributed by atoms with Gasteiger partial charge in [-0.15, -0.1) is 0 Å². The summed E-state index contributed by atoms with van der Waals surface area (Å²) >= 11 is 6.29. The molecule has 0 saturated carbocycles. The molecule has 4 nitrogen and oxygen atoms in total. The van der Waals surface area contributed by atoms with Crippen molar-refractivity contribution in [1.82, 2.24) is 0 Å². The summed E-state index contributed by atoms with van der Waals surface area (Å²) in [6.45, 7) is 1.81. The third-order valence-electron chi connectivity index (χ3n) is 5.54. The molecule has 29 heavy (non-hydrogen) atoms. The molecule has 5 heteroatoms. The number of anilines is 1. The Labute approximate surface area is 174 Å². The van der Waals surface area contributed by atoms with Gasteiger partial charge in [-0.3, -0.25) is 9.59 Å². The Morgan fingerprint density at radius 1 is 1.00 bits per heavy atom. The van der Waals surface area contributed by atoms with E-state index in [9.17, 15) is 14.7 Å². The molecule has 1 aliphatic heterocycles. The summed E-state index contributed by atoms with van der Waals surface area (Å²) in [7, 11) is 0. The van der Waals surface area contributed by atoms with Crippen molar-refractivity contribution in [2.75, 3.05) is 4.90 Å². The number of para-hydroxylation sites is 1. The van der Waals surface area contributed by atoms with Crippen LogP contribution in [0.1, 0.15) is 28.4 Å². The van der Waals surface area contributed by atoms with E-state index in [1.807, 2.05) is 24.3 Å². The van der Waals surface area contributed by atoms with E-state index in [4.69, 9.17) is 11.6 Å². The standard InChI is InChI=1S/C24H20ClNO3/c1-16(22(27)17-9-3-2-4-10-17)24(29)19-12-6-8-14-21(19)26(23(24)28)15-18-11-5-7-13-20(18)25/h2-14,16,29H,15H2,1H3/t16-,24-/m0/s1. The third kappa shape index (κ3) is 3.15. The molecule has 3 aromatic rings. The van der Waals surface area contributed by atoms with Crippen LogP contribution in [-0.2, 0) is 16.9 Å². The SMILES string of the molecule is C[C@@H](C(=O)c1ccccc1)[C@@]1(O)C(=O)N(Cc2ccccc2Cl)c2ccccc21. The number of hydrogen-bond donors (Lipinski definition) is 1. The van der Waals surface area contributed by atoms with Gasteiger partial charge in [0, 0.05) is 16.1 Å². The highest BCUT2D eigenvalue weighted by Gasteiger charge is 2.55. The van der Waals surface area contributed by atoms with Crippen LogP contribution in [0.5, 0.6) is 0 Å². The lowest BCUT2D eigenvalue weighted by Crippen LogP contribution is -2.47. The molecule has 1 heterocycles. The van der Waals surface area contributed by atoms with E-state index < -0.39 is 17.4 Å². The van der Waals surface area contributed by atoms with E-state index in [0.29, 0.717) is 21.8 Å². The van der Waals surface area contributed by atoms with Crippen LogP contribution in [0.15, 0.2) is 78.9 Å². The molecule has 3 aromatic carbocycles. The highest BCUT2D eigenvalue weighted by Crippen LogP contribution is 2.46. The number of amides is 1. The van der Waals surface area contributed by atoms with Gasteiger partial charge in [0.15, 0.2) is 11.4 Å². The molecule has 0 unspecified atom stereocenters. The lowest BCUT2D eigenvalue weighted by molar-refractivity contribution is -0.139. The van der Waals surface area contributed by atoms with Gasteiger partial charge in [-0.1, -0.05) is 85.3 Å². The van der Waals surface area contributed by atoms with E-state index >= 15 is 0 Å². The zero-order chi connectivity index (χ0) is 20.6. The Morgan fingerprint density at radius 3 is 2.34 bits per heavy atom. The maximum Gasteiger partial charge on any atom is 0.264 e. The molecular weight excluding hydrogens is 386 g/mol. The normalized spacial score (nSPS) is 19.1. The van der Waals surface area contributed by atoms with Crippen LogP contribution in [0.25, 0.3) is 0 Å². The van der Waals surface area contributed by atoms with Gasteiger partial charge in [-0.25, -0.2) is 0 Å². The number of fused-ring (bicyclic) bond motifs is 1. The summed E-state index contributed by atoms with van der Waals surface area (Å²) in [6, 6.07) is 23.0. The van der Waals surface area contributed by atoms with E-state index in [1.54, 1.807) is 61.5 Å².